The number of benzene rings is 1. The third kappa shape index (κ3) is 2.76. The monoisotopic (exact) mass is 276 g/mol. The minimum Gasteiger partial charge on any atom is -0.480 e. The fourth-order valence-corrected chi connectivity index (χ4v) is 2.83. The van der Waals surface area contributed by atoms with Crippen molar-refractivity contribution in [1.29, 1.82) is 0 Å². The molecule has 3 N–H and O–H groups in total. The quantitative estimate of drug-likeness (QED) is 0.826. The highest BCUT2D eigenvalue weighted by Crippen LogP contribution is 2.40. The molecule has 0 aliphatic heterocycles. The van der Waals surface area contributed by atoms with Crippen LogP contribution in [0.25, 0.3) is 0 Å². The second-order valence-corrected chi connectivity index (χ2v) is 5.61. The molecule has 0 heterocycles. The van der Waals surface area contributed by atoms with Gasteiger partial charge >= 0.3 is 5.97 Å². The number of carbonyl (C=O) groups excluding carboxylic acids is 1. The molecule has 0 bridgehead atoms. The molecule has 20 heavy (non-hydrogen) atoms. The number of hydrogen-bond acceptors (Lipinski definition) is 3. The van der Waals surface area contributed by atoms with Crippen molar-refractivity contribution in [2.45, 2.75) is 32.6 Å². The molecule has 0 unspecified atom stereocenters. The van der Waals surface area contributed by atoms with Crippen molar-refractivity contribution in [2.75, 3.05) is 17.2 Å². The van der Waals surface area contributed by atoms with Crippen molar-refractivity contribution in [1.82, 2.24) is 0 Å². The van der Waals surface area contributed by atoms with Crippen LogP contribution in [-0.4, -0.2) is 23.5 Å². The first kappa shape index (κ1) is 14.4. The van der Waals surface area contributed by atoms with E-state index >= 15 is 0 Å². The van der Waals surface area contributed by atoms with Gasteiger partial charge in [-0.25, -0.2) is 0 Å². The lowest BCUT2D eigenvalue weighted by atomic mass is 9.87. The van der Waals surface area contributed by atoms with E-state index in [1.54, 1.807) is 24.3 Å². The number of anilines is 2. The van der Waals surface area contributed by atoms with E-state index in [2.05, 4.69) is 0 Å². The van der Waals surface area contributed by atoms with Gasteiger partial charge in [0.1, 0.15) is 6.54 Å². The molecule has 1 amide bonds. The predicted molar refractivity (Wildman–Crippen MR) is 77.4 cm³/mol. The van der Waals surface area contributed by atoms with Crippen LogP contribution < -0.4 is 10.6 Å². The molecule has 1 aliphatic carbocycles. The zero-order valence-electron chi connectivity index (χ0n) is 11.6. The smallest absolute Gasteiger partial charge is 0.323 e. The van der Waals surface area contributed by atoms with Crippen molar-refractivity contribution in [3.8, 4) is 0 Å². The van der Waals surface area contributed by atoms with E-state index in [1.165, 1.54) is 4.90 Å². The molecule has 0 atom stereocenters. The molecule has 108 valence electrons. The van der Waals surface area contributed by atoms with Crippen LogP contribution in [0.5, 0.6) is 0 Å². The zero-order chi connectivity index (χ0) is 14.8. The summed E-state index contributed by atoms with van der Waals surface area (Å²) in [6, 6.07) is 6.88. The minimum absolute atomic E-state index is 0.143. The first-order chi connectivity index (χ1) is 9.44. The van der Waals surface area contributed by atoms with Crippen LogP contribution in [0.2, 0.25) is 0 Å². The highest BCUT2D eigenvalue weighted by atomic mass is 16.4. The summed E-state index contributed by atoms with van der Waals surface area (Å²) in [5.74, 6) is -1.18. The minimum atomic E-state index is -1.04. The standard InChI is InChI=1S/C15H20N2O3/c1-15(8-4-5-9-15)14(20)17(10-13(18)19)12-7-3-2-6-11(12)16/h2-3,6-7H,4-5,8-10,16H2,1H3,(H,18,19). The maximum atomic E-state index is 12.8. The van der Waals surface area contributed by atoms with Gasteiger partial charge in [-0.05, 0) is 25.0 Å². The Balaban J connectivity index is 2.35. The van der Waals surface area contributed by atoms with Gasteiger partial charge in [0.15, 0.2) is 0 Å². The number of rotatable bonds is 4. The fourth-order valence-electron chi connectivity index (χ4n) is 2.83. The molecule has 0 spiro atoms. The fraction of sp³-hybridized carbons (Fsp3) is 0.467. The summed E-state index contributed by atoms with van der Waals surface area (Å²) < 4.78 is 0. The second kappa shape index (κ2) is 5.53. The Morgan fingerprint density at radius 1 is 1.30 bits per heavy atom. The average Bonchev–Trinajstić information content (AvgIpc) is 2.84. The van der Waals surface area contributed by atoms with Crippen LogP contribution in [0.1, 0.15) is 32.6 Å². The van der Waals surface area contributed by atoms with E-state index in [0.717, 1.165) is 25.7 Å². The summed E-state index contributed by atoms with van der Waals surface area (Å²) in [4.78, 5) is 25.2. The summed E-state index contributed by atoms with van der Waals surface area (Å²) in [6.45, 7) is 1.55. The maximum Gasteiger partial charge on any atom is 0.323 e. The van der Waals surface area contributed by atoms with E-state index in [9.17, 15) is 9.59 Å². The van der Waals surface area contributed by atoms with E-state index in [1.807, 2.05) is 6.92 Å². The Kier molecular flexibility index (Phi) is 3.97. The van der Waals surface area contributed by atoms with Gasteiger partial charge < -0.3 is 10.8 Å². The summed E-state index contributed by atoms with van der Waals surface area (Å²) in [6.07, 6.45) is 3.62. The number of carboxylic acid groups (broad SMARTS) is 1. The Labute approximate surface area is 118 Å². The van der Waals surface area contributed by atoms with Crippen LogP contribution >= 0.6 is 0 Å². The molecule has 1 saturated carbocycles. The van der Waals surface area contributed by atoms with Gasteiger partial charge in [-0.1, -0.05) is 31.9 Å². The van der Waals surface area contributed by atoms with Crippen molar-refractivity contribution < 1.29 is 14.7 Å². The lowest BCUT2D eigenvalue weighted by Crippen LogP contribution is -2.44. The second-order valence-electron chi connectivity index (χ2n) is 5.61. The van der Waals surface area contributed by atoms with Crippen molar-refractivity contribution in [3.63, 3.8) is 0 Å². The molecule has 2 rings (SSSR count). The normalized spacial score (nSPS) is 16.9. The number of hydrogen-bond donors (Lipinski definition) is 2. The van der Waals surface area contributed by atoms with Gasteiger partial charge in [-0.2, -0.15) is 0 Å². The lowest BCUT2D eigenvalue weighted by molar-refractivity contribution is -0.137. The highest BCUT2D eigenvalue weighted by Gasteiger charge is 2.40. The Morgan fingerprint density at radius 3 is 2.45 bits per heavy atom. The molecule has 5 nitrogen and oxygen atoms in total. The third-order valence-corrected chi connectivity index (χ3v) is 3.99. The van der Waals surface area contributed by atoms with Crippen LogP contribution in [-0.2, 0) is 9.59 Å². The molecule has 0 radical (unpaired) electrons. The summed E-state index contributed by atoms with van der Waals surface area (Å²) in [5, 5.41) is 9.08. The topological polar surface area (TPSA) is 83.6 Å². The first-order valence-corrected chi connectivity index (χ1v) is 6.82. The van der Waals surface area contributed by atoms with Gasteiger partial charge in [0.05, 0.1) is 11.4 Å². The van der Waals surface area contributed by atoms with Gasteiger partial charge in [-0.3, -0.25) is 14.5 Å². The number of carboxylic acids is 1. The molecule has 5 heteroatoms. The number of para-hydroxylation sites is 2. The summed E-state index contributed by atoms with van der Waals surface area (Å²) in [7, 11) is 0. The van der Waals surface area contributed by atoms with Crippen LogP contribution in [0.4, 0.5) is 11.4 Å². The number of carbonyl (C=O) groups is 2. The maximum absolute atomic E-state index is 12.8. The molecule has 1 aromatic rings. The Bertz CT molecular complexity index is 522. The van der Waals surface area contributed by atoms with Crippen molar-refractivity contribution >= 4 is 23.3 Å². The molecular weight excluding hydrogens is 256 g/mol. The molecule has 1 aromatic carbocycles. The highest BCUT2D eigenvalue weighted by molar-refractivity contribution is 6.02. The zero-order valence-corrected chi connectivity index (χ0v) is 11.6. The van der Waals surface area contributed by atoms with E-state index in [0.29, 0.717) is 11.4 Å². The summed E-state index contributed by atoms with van der Waals surface area (Å²) in [5.41, 5.74) is 6.32. The van der Waals surface area contributed by atoms with E-state index in [4.69, 9.17) is 10.8 Å². The lowest BCUT2D eigenvalue weighted by Gasteiger charge is -2.31. The first-order valence-electron chi connectivity index (χ1n) is 6.82. The van der Waals surface area contributed by atoms with Gasteiger partial charge in [0, 0.05) is 5.41 Å². The molecular formula is C15H20N2O3. The molecule has 0 saturated heterocycles. The molecule has 1 aliphatic rings. The van der Waals surface area contributed by atoms with Crippen LogP contribution in [0, 0.1) is 5.41 Å². The average molecular weight is 276 g/mol. The van der Waals surface area contributed by atoms with Crippen molar-refractivity contribution in [3.05, 3.63) is 24.3 Å². The van der Waals surface area contributed by atoms with Crippen molar-refractivity contribution in [2.24, 2.45) is 5.41 Å². The number of nitrogen functional groups attached to an aromatic ring is 1. The number of nitrogens with zero attached hydrogens (tertiary/aromatic N) is 1. The van der Waals surface area contributed by atoms with Gasteiger partial charge in [-0.15, -0.1) is 0 Å². The number of nitrogens with two attached hydrogens (primary N) is 1. The van der Waals surface area contributed by atoms with Crippen LogP contribution in [0.3, 0.4) is 0 Å². The number of aliphatic carboxylic acids is 1. The van der Waals surface area contributed by atoms with Gasteiger partial charge in [0.25, 0.3) is 0 Å². The Morgan fingerprint density at radius 2 is 1.90 bits per heavy atom. The Hall–Kier alpha value is -2.04. The van der Waals surface area contributed by atoms with Gasteiger partial charge in [0.2, 0.25) is 5.91 Å². The van der Waals surface area contributed by atoms with Crippen LogP contribution in [0.15, 0.2) is 24.3 Å². The third-order valence-electron chi connectivity index (χ3n) is 3.99. The molecule has 0 aromatic heterocycles. The van der Waals surface area contributed by atoms with E-state index < -0.39 is 11.4 Å². The SMILES string of the molecule is CC1(C(=O)N(CC(=O)O)c2ccccc2N)CCCC1. The molecule has 1 fully saturated rings. The van der Waals surface area contributed by atoms with E-state index in [-0.39, 0.29) is 12.5 Å². The largest absolute Gasteiger partial charge is 0.480 e. The number of amides is 1. The summed E-state index contributed by atoms with van der Waals surface area (Å²) >= 11 is 0. The predicted octanol–water partition coefficient (Wildman–Crippen LogP) is 2.27.